The van der Waals surface area contributed by atoms with Crippen LogP contribution in [-0.4, -0.2) is 0 Å². The highest BCUT2D eigenvalue weighted by atomic mass is 32.1. The predicted octanol–water partition coefficient (Wildman–Crippen LogP) is 7.30. The fraction of sp³-hybridized carbons (Fsp3) is 0.364. The van der Waals surface area contributed by atoms with Crippen molar-refractivity contribution < 1.29 is 8.78 Å². The summed E-state index contributed by atoms with van der Waals surface area (Å²) in [6.07, 6.45) is 11.1. The summed E-state index contributed by atoms with van der Waals surface area (Å²) in [5.74, 6) is -0.734. The van der Waals surface area contributed by atoms with E-state index < -0.39 is 11.6 Å². The highest BCUT2D eigenvalue weighted by Gasteiger charge is 2.23. The number of benzene rings is 1. The number of hydrogen-bond acceptors (Lipinski definition) is 1. The van der Waals surface area contributed by atoms with Crippen LogP contribution in [0.15, 0.2) is 42.0 Å². The molecule has 1 heterocycles. The largest absolute Gasteiger partial charge is 0.203 e. The van der Waals surface area contributed by atoms with Crippen molar-refractivity contribution >= 4 is 16.9 Å². The van der Waals surface area contributed by atoms with Gasteiger partial charge >= 0.3 is 0 Å². The monoisotopic (exact) mass is 356 g/mol. The van der Waals surface area contributed by atoms with Gasteiger partial charge in [-0.15, -0.1) is 11.3 Å². The second-order valence-electron chi connectivity index (χ2n) is 7.11. The number of hydrogen-bond donors (Lipinski definition) is 0. The molecule has 0 amide bonds. The van der Waals surface area contributed by atoms with E-state index in [9.17, 15) is 8.78 Å². The van der Waals surface area contributed by atoms with Crippen LogP contribution in [0.5, 0.6) is 0 Å². The second kappa shape index (κ2) is 6.87. The molecule has 130 valence electrons. The number of thiophene rings is 1. The average molecular weight is 356 g/mol. The zero-order valence-corrected chi connectivity index (χ0v) is 15.3. The minimum absolute atomic E-state index is 0.359. The smallest absolute Gasteiger partial charge is 0.168 e. The van der Waals surface area contributed by atoms with Crippen LogP contribution in [0.3, 0.4) is 0 Å². The predicted molar refractivity (Wildman–Crippen MR) is 102 cm³/mol. The molecule has 25 heavy (non-hydrogen) atoms. The minimum Gasteiger partial charge on any atom is -0.203 e. The lowest BCUT2D eigenvalue weighted by Crippen LogP contribution is -2.04. The first-order chi connectivity index (χ1) is 12.1. The van der Waals surface area contributed by atoms with E-state index in [1.165, 1.54) is 42.6 Å². The van der Waals surface area contributed by atoms with E-state index in [0.29, 0.717) is 17.0 Å². The van der Waals surface area contributed by atoms with Crippen LogP contribution in [-0.2, 0) is 0 Å². The Balaban J connectivity index is 1.64. The lowest BCUT2D eigenvalue weighted by atomic mass is 9.86. The molecule has 4 rings (SSSR count). The van der Waals surface area contributed by atoms with E-state index in [4.69, 9.17) is 0 Å². The van der Waals surface area contributed by atoms with Crippen molar-refractivity contribution in [1.82, 2.24) is 0 Å². The van der Waals surface area contributed by atoms with Crippen molar-refractivity contribution in [3.63, 3.8) is 0 Å². The summed E-state index contributed by atoms with van der Waals surface area (Å²) in [6.45, 7) is 1.97. The molecule has 1 saturated carbocycles. The van der Waals surface area contributed by atoms with Gasteiger partial charge in [-0.05, 0) is 62.3 Å². The van der Waals surface area contributed by atoms with Crippen molar-refractivity contribution in [2.45, 2.75) is 45.4 Å². The third-order valence-electron chi connectivity index (χ3n) is 5.50. The van der Waals surface area contributed by atoms with Gasteiger partial charge in [0, 0.05) is 20.9 Å². The maximum atomic E-state index is 14.7. The SMILES string of the molecule is Cc1ccc(-c2ccc(C3=CC=C(C4CCCC4)CC3)c(F)c2F)s1. The Morgan fingerprint density at radius 2 is 1.60 bits per heavy atom. The third-order valence-corrected chi connectivity index (χ3v) is 6.53. The summed E-state index contributed by atoms with van der Waals surface area (Å²) in [5, 5.41) is 0. The van der Waals surface area contributed by atoms with Gasteiger partial charge in [-0.3, -0.25) is 0 Å². The molecular weight excluding hydrogens is 334 g/mol. The highest BCUT2D eigenvalue weighted by Crippen LogP contribution is 2.39. The van der Waals surface area contributed by atoms with Crippen LogP contribution < -0.4 is 0 Å². The van der Waals surface area contributed by atoms with Gasteiger partial charge in [0.2, 0.25) is 0 Å². The van der Waals surface area contributed by atoms with Crippen LogP contribution in [0.1, 0.15) is 49.0 Å². The molecule has 0 atom stereocenters. The molecule has 0 aliphatic heterocycles. The van der Waals surface area contributed by atoms with Gasteiger partial charge < -0.3 is 0 Å². The second-order valence-corrected chi connectivity index (χ2v) is 8.40. The lowest BCUT2D eigenvalue weighted by molar-refractivity contribution is 0.508. The van der Waals surface area contributed by atoms with E-state index in [1.54, 1.807) is 12.1 Å². The van der Waals surface area contributed by atoms with E-state index in [0.717, 1.165) is 28.2 Å². The molecular formula is C22H22F2S. The van der Waals surface area contributed by atoms with Crippen LogP contribution in [0.25, 0.3) is 16.0 Å². The van der Waals surface area contributed by atoms with Crippen LogP contribution >= 0.6 is 11.3 Å². The maximum absolute atomic E-state index is 14.7. The zero-order valence-electron chi connectivity index (χ0n) is 14.4. The summed E-state index contributed by atoms with van der Waals surface area (Å²) in [6, 6.07) is 7.25. The van der Waals surface area contributed by atoms with Crippen molar-refractivity contribution in [3.8, 4) is 10.4 Å². The van der Waals surface area contributed by atoms with Gasteiger partial charge in [-0.25, -0.2) is 8.78 Å². The fourth-order valence-corrected chi connectivity index (χ4v) is 4.97. The molecule has 0 radical (unpaired) electrons. The molecule has 1 aromatic heterocycles. The van der Waals surface area contributed by atoms with Crippen molar-refractivity contribution in [2.24, 2.45) is 5.92 Å². The summed E-state index contributed by atoms with van der Waals surface area (Å²) in [4.78, 5) is 1.87. The molecule has 0 spiro atoms. The quantitative estimate of drug-likeness (QED) is 0.541. The van der Waals surface area contributed by atoms with Gasteiger partial charge in [0.15, 0.2) is 11.6 Å². The fourth-order valence-electron chi connectivity index (χ4n) is 4.08. The first kappa shape index (κ1) is 16.7. The lowest BCUT2D eigenvalue weighted by Gasteiger charge is -2.20. The van der Waals surface area contributed by atoms with Crippen molar-refractivity contribution in [1.29, 1.82) is 0 Å². The number of rotatable bonds is 3. The summed E-state index contributed by atoms with van der Waals surface area (Å²) >= 11 is 1.49. The molecule has 0 saturated heterocycles. The zero-order chi connectivity index (χ0) is 17.4. The Labute approximate surface area is 151 Å². The van der Waals surface area contributed by atoms with Crippen molar-refractivity contribution in [2.75, 3.05) is 0 Å². The Morgan fingerprint density at radius 1 is 0.880 bits per heavy atom. The Morgan fingerprint density at radius 3 is 2.24 bits per heavy atom. The number of allylic oxidation sites excluding steroid dienone is 4. The molecule has 3 heteroatoms. The highest BCUT2D eigenvalue weighted by molar-refractivity contribution is 7.15. The Hall–Kier alpha value is -1.74. The minimum atomic E-state index is -0.731. The van der Waals surface area contributed by atoms with E-state index in [2.05, 4.69) is 6.08 Å². The van der Waals surface area contributed by atoms with Gasteiger partial charge in [-0.1, -0.05) is 36.6 Å². The molecule has 2 aliphatic rings. The van der Waals surface area contributed by atoms with Crippen LogP contribution in [0.2, 0.25) is 0 Å². The van der Waals surface area contributed by atoms with E-state index in [-0.39, 0.29) is 0 Å². The molecule has 0 bridgehead atoms. The van der Waals surface area contributed by atoms with E-state index >= 15 is 0 Å². The first-order valence-corrected chi connectivity index (χ1v) is 9.90. The third kappa shape index (κ3) is 3.22. The first-order valence-electron chi connectivity index (χ1n) is 9.08. The van der Waals surface area contributed by atoms with Gasteiger partial charge in [-0.2, -0.15) is 0 Å². The molecule has 0 N–H and O–H groups in total. The molecule has 1 fully saturated rings. The molecule has 2 aromatic rings. The summed E-state index contributed by atoms with van der Waals surface area (Å²) < 4.78 is 29.3. The van der Waals surface area contributed by atoms with E-state index in [1.807, 2.05) is 25.1 Å². The Kier molecular flexibility index (Phi) is 4.60. The molecule has 1 aromatic carbocycles. The van der Waals surface area contributed by atoms with Crippen LogP contribution in [0, 0.1) is 24.5 Å². The standard InChI is InChI=1S/C22H22F2S/c1-14-6-13-20(25-14)19-12-11-18(21(23)22(19)24)17-9-7-16(8-10-17)15-4-2-3-5-15/h6-7,9,11-13,15H,2-5,8,10H2,1H3. The number of halogens is 2. The molecule has 0 nitrogen and oxygen atoms in total. The normalized spacial score (nSPS) is 18.4. The molecule has 0 unspecified atom stereocenters. The summed E-state index contributed by atoms with van der Waals surface area (Å²) in [5.41, 5.74) is 3.18. The topological polar surface area (TPSA) is 0 Å². The number of aryl methyl sites for hydroxylation is 1. The maximum Gasteiger partial charge on any atom is 0.168 e. The van der Waals surface area contributed by atoms with Crippen molar-refractivity contribution in [3.05, 3.63) is 64.1 Å². The van der Waals surface area contributed by atoms with Gasteiger partial charge in [0.1, 0.15) is 0 Å². The summed E-state index contributed by atoms with van der Waals surface area (Å²) in [7, 11) is 0. The Bertz CT molecular complexity index is 851. The molecule has 2 aliphatic carbocycles. The van der Waals surface area contributed by atoms with Gasteiger partial charge in [0.05, 0.1) is 0 Å². The van der Waals surface area contributed by atoms with Gasteiger partial charge in [0.25, 0.3) is 0 Å². The average Bonchev–Trinajstić information content (AvgIpc) is 3.29. The van der Waals surface area contributed by atoms with Crippen LogP contribution in [0.4, 0.5) is 8.78 Å².